The number of halogens is 1. The SMILES string of the molecule is Cl.O=[N+]([O-])c1ccccc1NCCCO.OCCCNCCCO. The minimum absolute atomic E-state index is 0. The number of aliphatic hydroxyl groups excluding tert-OH is 3. The van der Waals surface area contributed by atoms with E-state index in [1.165, 1.54) is 6.07 Å². The topological polar surface area (TPSA) is 128 Å². The molecular weight excluding hydrogens is 338 g/mol. The van der Waals surface area contributed by atoms with Gasteiger partial charge in [0.25, 0.3) is 5.69 Å². The molecule has 0 amide bonds. The van der Waals surface area contributed by atoms with Crippen LogP contribution in [0.5, 0.6) is 0 Å². The van der Waals surface area contributed by atoms with Crippen molar-refractivity contribution >= 4 is 23.8 Å². The molecule has 0 aliphatic rings. The first-order valence-corrected chi connectivity index (χ1v) is 7.68. The van der Waals surface area contributed by atoms with Gasteiger partial charge in [-0.25, -0.2) is 0 Å². The third-order valence-electron chi connectivity index (χ3n) is 2.77. The van der Waals surface area contributed by atoms with Crippen LogP contribution in [0.25, 0.3) is 0 Å². The summed E-state index contributed by atoms with van der Waals surface area (Å²) in [5, 5.41) is 41.7. The van der Waals surface area contributed by atoms with Gasteiger partial charge in [0.05, 0.1) is 4.92 Å². The molecule has 0 spiro atoms. The molecule has 1 rings (SSSR count). The molecule has 8 nitrogen and oxygen atoms in total. The highest BCUT2D eigenvalue weighted by atomic mass is 35.5. The van der Waals surface area contributed by atoms with Gasteiger partial charge < -0.3 is 26.0 Å². The zero-order valence-corrected chi connectivity index (χ0v) is 14.5. The van der Waals surface area contributed by atoms with E-state index in [0.29, 0.717) is 18.7 Å². The van der Waals surface area contributed by atoms with Crippen molar-refractivity contribution in [2.75, 3.05) is 44.8 Å². The van der Waals surface area contributed by atoms with E-state index < -0.39 is 4.92 Å². The molecule has 0 radical (unpaired) electrons. The Morgan fingerprint density at radius 1 is 0.917 bits per heavy atom. The smallest absolute Gasteiger partial charge is 0.292 e. The summed E-state index contributed by atoms with van der Waals surface area (Å²) in [6.45, 7) is 2.78. The van der Waals surface area contributed by atoms with Gasteiger partial charge in [0.1, 0.15) is 5.69 Å². The van der Waals surface area contributed by atoms with Crippen LogP contribution in [0.15, 0.2) is 24.3 Å². The molecule has 1 aromatic rings. The van der Waals surface area contributed by atoms with Crippen LogP contribution in [0.3, 0.4) is 0 Å². The average molecular weight is 366 g/mol. The largest absolute Gasteiger partial charge is 0.396 e. The van der Waals surface area contributed by atoms with Gasteiger partial charge in [-0.05, 0) is 38.4 Å². The molecule has 1 aromatic carbocycles. The molecule has 0 aromatic heterocycles. The molecule has 5 N–H and O–H groups in total. The van der Waals surface area contributed by atoms with E-state index in [4.69, 9.17) is 15.3 Å². The third kappa shape index (κ3) is 13.0. The molecule has 0 heterocycles. The molecule has 0 fully saturated rings. The summed E-state index contributed by atoms with van der Waals surface area (Å²) in [7, 11) is 0. The van der Waals surface area contributed by atoms with Crippen molar-refractivity contribution in [3.05, 3.63) is 34.4 Å². The lowest BCUT2D eigenvalue weighted by atomic mass is 10.2. The fourth-order valence-electron chi connectivity index (χ4n) is 1.62. The van der Waals surface area contributed by atoms with E-state index in [1.54, 1.807) is 18.2 Å². The molecule has 9 heteroatoms. The van der Waals surface area contributed by atoms with Crippen molar-refractivity contribution in [3.63, 3.8) is 0 Å². The van der Waals surface area contributed by atoms with Crippen LogP contribution >= 0.6 is 12.4 Å². The minimum Gasteiger partial charge on any atom is -0.396 e. The third-order valence-corrected chi connectivity index (χ3v) is 2.77. The number of rotatable bonds is 11. The molecule has 0 aliphatic carbocycles. The van der Waals surface area contributed by atoms with Gasteiger partial charge in [0.15, 0.2) is 0 Å². The zero-order chi connectivity index (χ0) is 17.3. The number of aliphatic hydroxyl groups is 3. The first-order valence-electron chi connectivity index (χ1n) is 7.68. The number of nitro groups is 1. The quantitative estimate of drug-likeness (QED) is 0.226. The van der Waals surface area contributed by atoms with E-state index in [-0.39, 0.29) is 37.9 Å². The van der Waals surface area contributed by atoms with Gasteiger partial charge >= 0.3 is 0 Å². The highest BCUT2D eigenvalue weighted by Gasteiger charge is 2.10. The molecule has 24 heavy (non-hydrogen) atoms. The highest BCUT2D eigenvalue weighted by Crippen LogP contribution is 2.22. The van der Waals surface area contributed by atoms with Crippen LogP contribution in [0, 0.1) is 10.1 Å². The molecule has 0 bridgehead atoms. The molecular formula is C15H28ClN3O5. The van der Waals surface area contributed by atoms with Crippen LogP contribution in [-0.2, 0) is 0 Å². The van der Waals surface area contributed by atoms with Gasteiger partial charge in [-0.15, -0.1) is 12.4 Å². The van der Waals surface area contributed by atoms with Gasteiger partial charge in [0, 0.05) is 32.4 Å². The molecule has 0 aliphatic heterocycles. The number of hydrogen-bond acceptors (Lipinski definition) is 7. The standard InChI is InChI=1S/C9H12N2O3.C6H15NO2.ClH/c12-7-3-6-10-8-4-1-2-5-9(8)11(13)14;8-5-1-3-7-4-2-6-9;/h1-2,4-5,10,12H,3,6-7H2;7-9H,1-6H2;1H. The first kappa shape index (κ1) is 24.8. The average Bonchev–Trinajstić information content (AvgIpc) is 2.56. The van der Waals surface area contributed by atoms with E-state index >= 15 is 0 Å². The summed E-state index contributed by atoms with van der Waals surface area (Å²) < 4.78 is 0. The van der Waals surface area contributed by atoms with Crippen LogP contribution in [-0.4, -0.2) is 59.7 Å². The number of nitrogens with one attached hydrogen (secondary N) is 2. The lowest BCUT2D eigenvalue weighted by Gasteiger charge is -2.04. The van der Waals surface area contributed by atoms with E-state index in [9.17, 15) is 10.1 Å². The normalized spacial score (nSPS) is 9.46. The summed E-state index contributed by atoms with van der Waals surface area (Å²) in [4.78, 5) is 10.1. The number of nitrogens with zero attached hydrogens (tertiary/aromatic N) is 1. The molecule has 140 valence electrons. The second kappa shape index (κ2) is 17.9. The summed E-state index contributed by atoms with van der Waals surface area (Å²) >= 11 is 0. The predicted octanol–water partition coefficient (Wildman–Crippen LogP) is 1.15. The fourth-order valence-corrected chi connectivity index (χ4v) is 1.62. The number of anilines is 1. The summed E-state index contributed by atoms with van der Waals surface area (Å²) in [6.07, 6.45) is 2.17. The Bertz CT molecular complexity index is 418. The van der Waals surface area contributed by atoms with Gasteiger partial charge in [-0.2, -0.15) is 0 Å². The first-order chi connectivity index (χ1) is 11.2. The number of hydrogen-bond donors (Lipinski definition) is 5. The highest BCUT2D eigenvalue weighted by molar-refractivity contribution is 5.85. The summed E-state index contributed by atoms with van der Waals surface area (Å²) in [5.41, 5.74) is 0.552. The maximum absolute atomic E-state index is 10.6. The Morgan fingerprint density at radius 2 is 1.42 bits per heavy atom. The monoisotopic (exact) mass is 365 g/mol. The second-order valence-corrected chi connectivity index (χ2v) is 4.68. The van der Waals surface area contributed by atoms with Crippen LogP contribution in [0.4, 0.5) is 11.4 Å². The van der Waals surface area contributed by atoms with Gasteiger partial charge in [-0.1, -0.05) is 12.1 Å². The number of nitro benzene ring substituents is 1. The predicted molar refractivity (Wildman–Crippen MR) is 96.8 cm³/mol. The van der Waals surface area contributed by atoms with Crippen LogP contribution in [0.1, 0.15) is 19.3 Å². The summed E-state index contributed by atoms with van der Waals surface area (Å²) in [5.74, 6) is 0. The van der Waals surface area contributed by atoms with Gasteiger partial charge in [0.2, 0.25) is 0 Å². The second-order valence-electron chi connectivity index (χ2n) is 4.68. The molecule has 0 atom stereocenters. The van der Waals surface area contributed by atoms with Crippen molar-refractivity contribution in [1.82, 2.24) is 5.32 Å². The van der Waals surface area contributed by atoms with Crippen molar-refractivity contribution in [2.45, 2.75) is 19.3 Å². The lowest BCUT2D eigenvalue weighted by Crippen LogP contribution is -2.18. The minimum atomic E-state index is -0.429. The van der Waals surface area contributed by atoms with E-state index in [2.05, 4.69) is 10.6 Å². The fraction of sp³-hybridized carbons (Fsp3) is 0.600. The Hall–Kier alpha value is -1.45. The van der Waals surface area contributed by atoms with Crippen LogP contribution in [0.2, 0.25) is 0 Å². The van der Waals surface area contributed by atoms with E-state index in [1.807, 2.05) is 0 Å². The number of benzene rings is 1. The van der Waals surface area contributed by atoms with Crippen LogP contribution < -0.4 is 10.6 Å². The Kier molecular flexibility index (Phi) is 18.5. The maximum Gasteiger partial charge on any atom is 0.292 e. The van der Waals surface area contributed by atoms with Crippen molar-refractivity contribution in [2.24, 2.45) is 0 Å². The molecule has 0 saturated carbocycles. The Labute approximate surface area is 148 Å². The molecule has 0 saturated heterocycles. The number of para-hydroxylation sites is 2. The van der Waals surface area contributed by atoms with Crippen molar-refractivity contribution < 1.29 is 20.2 Å². The Balaban J connectivity index is 0. The lowest BCUT2D eigenvalue weighted by molar-refractivity contribution is -0.384. The molecule has 0 unspecified atom stereocenters. The van der Waals surface area contributed by atoms with Crippen molar-refractivity contribution in [1.29, 1.82) is 0 Å². The van der Waals surface area contributed by atoms with Gasteiger partial charge in [-0.3, -0.25) is 10.1 Å². The maximum atomic E-state index is 10.6. The van der Waals surface area contributed by atoms with Crippen molar-refractivity contribution in [3.8, 4) is 0 Å². The Morgan fingerprint density at radius 3 is 1.92 bits per heavy atom. The zero-order valence-electron chi connectivity index (χ0n) is 13.7. The van der Waals surface area contributed by atoms with E-state index in [0.717, 1.165) is 25.9 Å². The summed E-state index contributed by atoms with van der Waals surface area (Å²) in [6, 6.07) is 6.44.